The first-order valence-electron chi connectivity index (χ1n) is 8.50. The van der Waals surface area contributed by atoms with Crippen molar-refractivity contribution in [3.8, 4) is 28.3 Å². The third-order valence-electron chi connectivity index (χ3n) is 4.14. The molecule has 5 nitrogen and oxygen atoms in total. The van der Waals surface area contributed by atoms with Gasteiger partial charge in [0.1, 0.15) is 11.5 Å². The monoisotopic (exact) mass is 444 g/mol. The number of furan rings is 1. The van der Waals surface area contributed by atoms with Crippen molar-refractivity contribution in [1.82, 2.24) is 4.98 Å². The van der Waals surface area contributed by atoms with Crippen LogP contribution in [-0.4, -0.2) is 18.0 Å². The van der Waals surface area contributed by atoms with Crippen molar-refractivity contribution in [1.29, 1.82) is 0 Å². The van der Waals surface area contributed by atoms with Gasteiger partial charge in [0.2, 0.25) is 0 Å². The van der Waals surface area contributed by atoms with Crippen LogP contribution in [0.1, 0.15) is 10.6 Å². The van der Waals surface area contributed by atoms with Crippen LogP contribution < -0.4 is 10.1 Å². The molecule has 0 bridgehead atoms. The second-order valence-corrected chi connectivity index (χ2v) is 7.71. The maximum absolute atomic E-state index is 12.5. The molecule has 0 atom stereocenters. The minimum Gasteiger partial charge on any atom is -0.497 e. The SMILES string of the molecule is COc1ccc(-c2csc(NC(=O)c3ccc(-c4ccc(Cl)cc4Cl)o3)n2)cc1. The zero-order valence-electron chi connectivity index (χ0n) is 15.1. The summed E-state index contributed by atoms with van der Waals surface area (Å²) in [6.45, 7) is 0. The lowest BCUT2D eigenvalue weighted by molar-refractivity contribution is 0.0997. The van der Waals surface area contributed by atoms with Gasteiger partial charge in [0.05, 0.1) is 17.8 Å². The molecule has 0 radical (unpaired) electrons. The van der Waals surface area contributed by atoms with Gasteiger partial charge in [-0.15, -0.1) is 11.3 Å². The molecule has 0 aliphatic rings. The van der Waals surface area contributed by atoms with Crippen LogP contribution in [-0.2, 0) is 0 Å². The number of hydrogen-bond donors (Lipinski definition) is 1. The lowest BCUT2D eigenvalue weighted by Crippen LogP contribution is -2.10. The van der Waals surface area contributed by atoms with Crippen molar-refractivity contribution in [2.24, 2.45) is 0 Å². The van der Waals surface area contributed by atoms with E-state index in [1.54, 1.807) is 37.4 Å². The van der Waals surface area contributed by atoms with Crippen molar-refractivity contribution in [3.05, 3.63) is 75.8 Å². The highest BCUT2D eigenvalue weighted by Gasteiger charge is 2.16. The fraction of sp³-hybridized carbons (Fsp3) is 0.0476. The van der Waals surface area contributed by atoms with Crippen molar-refractivity contribution in [2.75, 3.05) is 12.4 Å². The fourth-order valence-electron chi connectivity index (χ4n) is 2.68. The van der Waals surface area contributed by atoms with E-state index in [0.29, 0.717) is 26.5 Å². The van der Waals surface area contributed by atoms with E-state index in [0.717, 1.165) is 17.0 Å². The molecule has 1 amide bonds. The molecule has 2 aromatic carbocycles. The Balaban J connectivity index is 1.49. The predicted octanol–water partition coefficient (Wildman–Crippen LogP) is 6.64. The first-order chi connectivity index (χ1) is 14.0. The summed E-state index contributed by atoms with van der Waals surface area (Å²) in [6, 6.07) is 15.9. The number of carbonyl (C=O) groups is 1. The van der Waals surface area contributed by atoms with E-state index >= 15 is 0 Å². The van der Waals surface area contributed by atoms with Crippen LogP contribution in [0, 0.1) is 0 Å². The van der Waals surface area contributed by atoms with E-state index in [9.17, 15) is 4.79 Å². The lowest BCUT2D eigenvalue weighted by atomic mass is 10.2. The van der Waals surface area contributed by atoms with E-state index in [2.05, 4.69) is 10.3 Å². The Morgan fingerprint density at radius 2 is 1.90 bits per heavy atom. The molecule has 146 valence electrons. The number of carbonyl (C=O) groups excluding carboxylic acids is 1. The summed E-state index contributed by atoms with van der Waals surface area (Å²) in [4.78, 5) is 17.0. The van der Waals surface area contributed by atoms with Gasteiger partial charge in [-0.3, -0.25) is 10.1 Å². The molecular formula is C21H14Cl2N2O3S. The highest BCUT2D eigenvalue weighted by molar-refractivity contribution is 7.14. The third-order valence-corrected chi connectivity index (χ3v) is 5.44. The number of anilines is 1. The molecule has 0 aliphatic heterocycles. The molecule has 0 unspecified atom stereocenters. The minimum absolute atomic E-state index is 0.159. The molecule has 1 N–H and O–H groups in total. The van der Waals surface area contributed by atoms with Crippen LogP contribution in [0.3, 0.4) is 0 Å². The van der Waals surface area contributed by atoms with Crippen molar-refractivity contribution in [3.63, 3.8) is 0 Å². The first kappa shape index (κ1) is 19.5. The number of methoxy groups -OCH3 is 1. The number of nitrogens with zero attached hydrogens (tertiary/aromatic N) is 1. The standard InChI is InChI=1S/C21H14Cl2N2O3S/c1-27-14-5-2-12(3-6-14)17-11-29-21(24-17)25-20(26)19-9-8-18(28-19)15-7-4-13(22)10-16(15)23/h2-11H,1H3,(H,24,25,26). The topological polar surface area (TPSA) is 64.4 Å². The van der Waals surface area contributed by atoms with Crippen LogP contribution in [0.4, 0.5) is 5.13 Å². The van der Waals surface area contributed by atoms with E-state index in [-0.39, 0.29) is 5.76 Å². The fourth-order valence-corrected chi connectivity index (χ4v) is 3.89. The quantitative estimate of drug-likeness (QED) is 0.374. The van der Waals surface area contributed by atoms with Crippen molar-refractivity contribution >= 4 is 45.6 Å². The van der Waals surface area contributed by atoms with Crippen molar-refractivity contribution in [2.45, 2.75) is 0 Å². The number of ether oxygens (including phenoxy) is 1. The van der Waals surface area contributed by atoms with Crippen LogP contribution in [0.5, 0.6) is 5.75 Å². The van der Waals surface area contributed by atoms with E-state index in [1.807, 2.05) is 29.6 Å². The highest BCUT2D eigenvalue weighted by Crippen LogP contribution is 2.32. The Morgan fingerprint density at radius 3 is 2.62 bits per heavy atom. The number of aromatic nitrogens is 1. The van der Waals surface area contributed by atoms with Gasteiger partial charge in [-0.25, -0.2) is 4.98 Å². The lowest BCUT2D eigenvalue weighted by Gasteiger charge is -2.02. The molecule has 0 aliphatic carbocycles. The summed E-state index contributed by atoms with van der Waals surface area (Å²) in [7, 11) is 1.62. The summed E-state index contributed by atoms with van der Waals surface area (Å²) >= 11 is 13.5. The van der Waals surface area contributed by atoms with Gasteiger partial charge in [-0.2, -0.15) is 0 Å². The molecular weight excluding hydrogens is 431 g/mol. The van der Waals surface area contributed by atoms with Crippen LogP contribution in [0.2, 0.25) is 10.0 Å². The number of nitrogens with one attached hydrogen (secondary N) is 1. The number of benzene rings is 2. The Labute approximate surface area is 180 Å². The average molecular weight is 445 g/mol. The largest absolute Gasteiger partial charge is 0.497 e. The Hall–Kier alpha value is -2.80. The van der Waals surface area contributed by atoms with Gasteiger partial charge in [-0.1, -0.05) is 23.2 Å². The molecule has 0 saturated carbocycles. The maximum Gasteiger partial charge on any atom is 0.293 e. The molecule has 0 saturated heterocycles. The number of rotatable bonds is 5. The van der Waals surface area contributed by atoms with Crippen LogP contribution >= 0.6 is 34.5 Å². The molecule has 0 spiro atoms. The third kappa shape index (κ3) is 4.29. The predicted molar refractivity (Wildman–Crippen MR) is 116 cm³/mol. The number of thiazole rings is 1. The zero-order chi connectivity index (χ0) is 20.4. The number of amides is 1. The van der Waals surface area contributed by atoms with Gasteiger partial charge in [0.25, 0.3) is 5.91 Å². The summed E-state index contributed by atoms with van der Waals surface area (Å²) in [5.41, 5.74) is 2.35. The molecule has 2 heterocycles. The van der Waals surface area contributed by atoms with Gasteiger partial charge in [0, 0.05) is 21.5 Å². The Bertz CT molecular complexity index is 1170. The summed E-state index contributed by atoms with van der Waals surface area (Å²) in [5.74, 6) is 1.02. The van der Waals surface area contributed by atoms with Gasteiger partial charge in [-0.05, 0) is 54.6 Å². The van der Waals surface area contributed by atoms with E-state index in [4.69, 9.17) is 32.4 Å². The molecule has 0 fully saturated rings. The average Bonchev–Trinajstić information content (AvgIpc) is 3.38. The zero-order valence-corrected chi connectivity index (χ0v) is 17.4. The number of hydrogen-bond acceptors (Lipinski definition) is 5. The molecule has 2 aromatic heterocycles. The van der Waals surface area contributed by atoms with Crippen LogP contribution in [0.15, 0.2) is 64.4 Å². The molecule has 4 rings (SSSR count). The van der Waals surface area contributed by atoms with Gasteiger partial charge in [0.15, 0.2) is 10.9 Å². The maximum atomic E-state index is 12.5. The minimum atomic E-state index is -0.392. The first-order valence-corrected chi connectivity index (χ1v) is 10.1. The van der Waals surface area contributed by atoms with E-state index < -0.39 is 5.91 Å². The summed E-state index contributed by atoms with van der Waals surface area (Å²) < 4.78 is 10.8. The Morgan fingerprint density at radius 1 is 1.10 bits per heavy atom. The van der Waals surface area contributed by atoms with E-state index in [1.165, 1.54) is 11.3 Å². The highest BCUT2D eigenvalue weighted by atomic mass is 35.5. The summed E-state index contributed by atoms with van der Waals surface area (Å²) in [6.07, 6.45) is 0. The normalized spacial score (nSPS) is 10.7. The number of halogens is 2. The summed E-state index contributed by atoms with van der Waals surface area (Å²) in [5, 5.41) is 6.08. The smallest absolute Gasteiger partial charge is 0.293 e. The molecule has 8 heteroatoms. The molecule has 4 aromatic rings. The second kappa shape index (κ2) is 8.29. The van der Waals surface area contributed by atoms with Gasteiger partial charge >= 0.3 is 0 Å². The van der Waals surface area contributed by atoms with Crippen molar-refractivity contribution < 1.29 is 13.9 Å². The van der Waals surface area contributed by atoms with Crippen LogP contribution in [0.25, 0.3) is 22.6 Å². The Kier molecular flexibility index (Phi) is 5.58. The van der Waals surface area contributed by atoms with Gasteiger partial charge < -0.3 is 9.15 Å². The second-order valence-electron chi connectivity index (χ2n) is 6.01. The molecule has 29 heavy (non-hydrogen) atoms.